The number of ketones is 1. The van der Waals surface area contributed by atoms with E-state index in [1.807, 2.05) is 42.1 Å². The van der Waals surface area contributed by atoms with Crippen LogP contribution < -0.4 is 5.32 Å². The molecule has 2 aromatic rings. The van der Waals surface area contributed by atoms with Crippen molar-refractivity contribution in [2.24, 2.45) is 7.05 Å². The Kier molecular flexibility index (Phi) is 8.29. The van der Waals surface area contributed by atoms with Crippen molar-refractivity contribution >= 4 is 34.8 Å². The van der Waals surface area contributed by atoms with E-state index in [0.29, 0.717) is 12.6 Å². The number of rotatable bonds is 11. The molecule has 0 aliphatic rings. The first-order valence-electron chi connectivity index (χ1n) is 9.86. The zero-order valence-electron chi connectivity index (χ0n) is 17.8. The number of fused-ring (bicyclic) bond motifs is 1. The number of para-hydroxylation sites is 1. The molecule has 8 heteroatoms. The van der Waals surface area contributed by atoms with Gasteiger partial charge in [0, 0.05) is 44.1 Å². The zero-order chi connectivity index (χ0) is 22.3. The maximum atomic E-state index is 12.9. The number of carbonyl (C=O) groups excluding carboxylic acids is 3. The van der Waals surface area contributed by atoms with Gasteiger partial charge in [0.15, 0.2) is 5.78 Å². The number of methoxy groups -OCH3 is 1. The molecular formula is C22H29N3O5. The van der Waals surface area contributed by atoms with Gasteiger partial charge in [0.1, 0.15) is 12.1 Å². The molecule has 1 aromatic carbocycles. The van der Waals surface area contributed by atoms with Crippen LogP contribution in [-0.4, -0.2) is 53.8 Å². The molecule has 0 fully saturated rings. The van der Waals surface area contributed by atoms with Gasteiger partial charge in [-0.2, -0.15) is 0 Å². The number of benzene rings is 1. The first-order valence-corrected chi connectivity index (χ1v) is 9.86. The topological polar surface area (TPSA) is 110 Å². The van der Waals surface area contributed by atoms with Crippen LogP contribution in [-0.2, 0) is 37.3 Å². The largest absolute Gasteiger partial charge is 0.461 e. The van der Waals surface area contributed by atoms with Crippen molar-refractivity contribution in [1.82, 2.24) is 9.88 Å². The molecule has 2 atom stereocenters. The minimum Gasteiger partial charge on any atom is -0.461 e. The van der Waals surface area contributed by atoms with Gasteiger partial charge in [-0.25, -0.2) is 4.79 Å². The first kappa shape index (κ1) is 23.3. The molecule has 30 heavy (non-hydrogen) atoms. The van der Waals surface area contributed by atoms with Crippen LogP contribution in [0.4, 0.5) is 0 Å². The molecule has 0 saturated heterocycles. The van der Waals surface area contributed by atoms with E-state index in [9.17, 15) is 14.4 Å². The van der Waals surface area contributed by atoms with Gasteiger partial charge in [-0.05, 0) is 31.9 Å². The van der Waals surface area contributed by atoms with E-state index in [2.05, 4.69) is 5.32 Å². The second-order valence-electron chi connectivity index (χ2n) is 7.41. The normalized spacial score (nSPS) is 13.1. The summed E-state index contributed by atoms with van der Waals surface area (Å²) in [6.07, 6.45) is 1.82. The van der Waals surface area contributed by atoms with Crippen LogP contribution in [0.15, 0.2) is 30.5 Å². The fraction of sp³-hybridized carbons (Fsp3) is 0.455. The number of carbonyl (C=O) groups is 3. The Labute approximate surface area is 176 Å². The average Bonchev–Trinajstić information content (AvgIpc) is 3.03. The van der Waals surface area contributed by atoms with Crippen molar-refractivity contribution in [2.75, 3.05) is 7.11 Å². The van der Waals surface area contributed by atoms with Gasteiger partial charge in [0.05, 0.1) is 12.3 Å². The molecule has 8 nitrogen and oxygen atoms in total. The van der Waals surface area contributed by atoms with Gasteiger partial charge < -0.3 is 24.8 Å². The minimum atomic E-state index is -0.992. The van der Waals surface area contributed by atoms with E-state index in [1.165, 1.54) is 7.11 Å². The lowest BCUT2D eigenvalue weighted by atomic mass is 10.0. The van der Waals surface area contributed by atoms with Gasteiger partial charge in [-0.15, -0.1) is 0 Å². The van der Waals surface area contributed by atoms with E-state index in [0.717, 1.165) is 16.5 Å². The second kappa shape index (κ2) is 10.7. The van der Waals surface area contributed by atoms with Crippen LogP contribution in [0.3, 0.4) is 0 Å². The lowest BCUT2D eigenvalue weighted by Crippen LogP contribution is -2.48. The third-order valence-corrected chi connectivity index (χ3v) is 4.76. The van der Waals surface area contributed by atoms with Gasteiger partial charge in [0.25, 0.3) is 0 Å². The number of Topliss-reactive ketones (excluding diaryl/α,β-unsaturated/α-hetero) is 1. The number of hydrogen-bond donors (Lipinski definition) is 2. The number of aryl methyl sites for hydroxylation is 1. The highest BCUT2D eigenvalue weighted by molar-refractivity contribution is 6.26. The fourth-order valence-electron chi connectivity index (χ4n) is 3.26. The summed E-state index contributed by atoms with van der Waals surface area (Å²) in [6, 6.07) is 6.88. The molecule has 1 amide bonds. The maximum absolute atomic E-state index is 12.9. The zero-order valence-corrected chi connectivity index (χ0v) is 17.8. The summed E-state index contributed by atoms with van der Waals surface area (Å²) in [5.41, 5.74) is 2.00. The molecule has 0 aliphatic heterocycles. The van der Waals surface area contributed by atoms with E-state index in [4.69, 9.17) is 14.9 Å². The van der Waals surface area contributed by atoms with E-state index in [-0.39, 0.29) is 18.9 Å². The SMILES string of the molecule is CO[C@H](Cc1cn(C)c2ccccc12)C(=O)N[C@@H](CCC(=O)C=N)C(=O)OC(C)C. The monoisotopic (exact) mass is 415 g/mol. The van der Waals surface area contributed by atoms with Crippen molar-refractivity contribution in [3.63, 3.8) is 0 Å². The van der Waals surface area contributed by atoms with Crippen molar-refractivity contribution < 1.29 is 23.9 Å². The van der Waals surface area contributed by atoms with E-state index < -0.39 is 29.8 Å². The molecular weight excluding hydrogens is 386 g/mol. The van der Waals surface area contributed by atoms with Crippen molar-refractivity contribution in [3.8, 4) is 0 Å². The molecule has 2 rings (SSSR count). The molecule has 2 N–H and O–H groups in total. The summed E-state index contributed by atoms with van der Waals surface area (Å²) < 4.78 is 12.6. The van der Waals surface area contributed by atoms with E-state index in [1.54, 1.807) is 13.8 Å². The minimum absolute atomic E-state index is 0.0391. The Bertz CT molecular complexity index is 919. The second-order valence-corrected chi connectivity index (χ2v) is 7.41. The first-order chi connectivity index (χ1) is 14.3. The van der Waals surface area contributed by atoms with Gasteiger partial charge in [0.2, 0.25) is 5.91 Å². The summed E-state index contributed by atoms with van der Waals surface area (Å²) in [5, 5.41) is 10.7. The Morgan fingerprint density at radius 1 is 1.23 bits per heavy atom. The molecule has 0 aliphatic carbocycles. The van der Waals surface area contributed by atoms with E-state index >= 15 is 0 Å². The van der Waals surface area contributed by atoms with Crippen LogP contribution in [0, 0.1) is 5.41 Å². The van der Waals surface area contributed by atoms with Gasteiger partial charge in [-0.3, -0.25) is 9.59 Å². The molecule has 0 bridgehead atoms. The molecule has 0 saturated carbocycles. The van der Waals surface area contributed by atoms with Crippen LogP contribution in [0.1, 0.15) is 32.3 Å². The number of amides is 1. The van der Waals surface area contributed by atoms with Crippen LogP contribution >= 0.6 is 0 Å². The highest BCUT2D eigenvalue weighted by Crippen LogP contribution is 2.22. The third-order valence-electron chi connectivity index (χ3n) is 4.76. The maximum Gasteiger partial charge on any atom is 0.328 e. The highest BCUT2D eigenvalue weighted by atomic mass is 16.5. The summed E-state index contributed by atoms with van der Waals surface area (Å²) >= 11 is 0. The molecule has 162 valence electrons. The standard InChI is InChI=1S/C22H29N3O5/c1-14(2)30-22(28)18(10-9-16(26)12-23)24-21(27)20(29-4)11-15-13-25(3)19-8-6-5-7-17(15)19/h5-8,12-14,18,20,23H,9-11H2,1-4H3,(H,24,27)/t18-,20+/m0/s1. The predicted molar refractivity (Wildman–Crippen MR) is 114 cm³/mol. The lowest BCUT2D eigenvalue weighted by Gasteiger charge is -2.22. The molecule has 1 heterocycles. The number of nitrogens with one attached hydrogen (secondary N) is 2. The quantitative estimate of drug-likeness (QED) is 0.432. The van der Waals surface area contributed by atoms with Crippen molar-refractivity contribution in [1.29, 1.82) is 5.41 Å². The van der Waals surface area contributed by atoms with Crippen LogP contribution in [0.2, 0.25) is 0 Å². The highest BCUT2D eigenvalue weighted by Gasteiger charge is 2.28. The van der Waals surface area contributed by atoms with Crippen molar-refractivity contribution in [3.05, 3.63) is 36.0 Å². The van der Waals surface area contributed by atoms with Gasteiger partial charge in [-0.1, -0.05) is 18.2 Å². The molecule has 0 radical (unpaired) electrons. The number of hydrogen-bond acceptors (Lipinski definition) is 6. The predicted octanol–water partition coefficient (Wildman–Crippen LogP) is 2.17. The lowest BCUT2D eigenvalue weighted by molar-refractivity contribution is -0.152. The number of ether oxygens (including phenoxy) is 2. The molecule has 0 unspecified atom stereocenters. The number of nitrogens with zero attached hydrogens (tertiary/aromatic N) is 1. The van der Waals surface area contributed by atoms with Crippen LogP contribution in [0.5, 0.6) is 0 Å². The molecule has 0 spiro atoms. The van der Waals surface area contributed by atoms with Crippen LogP contribution in [0.25, 0.3) is 10.9 Å². The van der Waals surface area contributed by atoms with Crippen molar-refractivity contribution in [2.45, 2.75) is 51.4 Å². The Morgan fingerprint density at radius 3 is 2.57 bits per heavy atom. The third kappa shape index (κ3) is 6.00. The Hall–Kier alpha value is -3.00. The number of esters is 1. The van der Waals surface area contributed by atoms with Gasteiger partial charge >= 0.3 is 5.97 Å². The summed E-state index contributed by atoms with van der Waals surface area (Å²) in [6.45, 7) is 3.41. The number of aromatic nitrogens is 1. The smallest absolute Gasteiger partial charge is 0.328 e. The Morgan fingerprint density at radius 2 is 1.93 bits per heavy atom. The molecule has 1 aromatic heterocycles. The summed E-state index contributed by atoms with van der Waals surface area (Å²) in [7, 11) is 3.38. The Balaban J connectivity index is 2.14. The average molecular weight is 415 g/mol. The summed E-state index contributed by atoms with van der Waals surface area (Å²) in [4.78, 5) is 36.7. The summed E-state index contributed by atoms with van der Waals surface area (Å²) in [5.74, 6) is -1.50. The fourth-order valence-corrected chi connectivity index (χ4v) is 3.26.